The van der Waals surface area contributed by atoms with Crippen molar-refractivity contribution in [2.24, 2.45) is 0 Å². The van der Waals surface area contributed by atoms with Crippen molar-refractivity contribution >= 4 is 11.3 Å². The summed E-state index contributed by atoms with van der Waals surface area (Å²) in [4.78, 5) is 5.51. The van der Waals surface area contributed by atoms with Gasteiger partial charge in [0.05, 0.1) is 17.8 Å². The highest BCUT2D eigenvalue weighted by Gasteiger charge is 2.32. The lowest BCUT2D eigenvalue weighted by Crippen LogP contribution is -2.45. The maximum Gasteiger partial charge on any atom is 0.0798 e. The number of aryl methyl sites for hydroxylation is 1. The Balaban J connectivity index is 1.94. The van der Waals surface area contributed by atoms with Crippen molar-refractivity contribution < 1.29 is 5.11 Å². The molecule has 1 aromatic heterocycles. The van der Waals surface area contributed by atoms with E-state index in [0.29, 0.717) is 0 Å². The van der Waals surface area contributed by atoms with Crippen LogP contribution in [-0.2, 0) is 6.54 Å². The number of nitrogens with one attached hydrogen (secondary N) is 1. The number of nitrogens with zero attached hydrogens (tertiary/aromatic N) is 1. The van der Waals surface area contributed by atoms with E-state index >= 15 is 0 Å². The maximum atomic E-state index is 9.44. The average Bonchev–Trinajstić information content (AvgIpc) is 2.85. The normalized spacial score (nSPS) is 19.6. The van der Waals surface area contributed by atoms with Crippen molar-refractivity contribution in [3.63, 3.8) is 0 Å². The fraction of sp³-hybridized carbons (Fsp3) is 0.727. The van der Waals surface area contributed by atoms with Gasteiger partial charge in [-0.25, -0.2) is 4.98 Å². The topological polar surface area (TPSA) is 45.2 Å². The third-order valence-electron chi connectivity index (χ3n) is 3.33. The Labute approximate surface area is 94.5 Å². The van der Waals surface area contributed by atoms with Crippen molar-refractivity contribution in [3.8, 4) is 0 Å². The van der Waals surface area contributed by atoms with E-state index < -0.39 is 0 Å². The van der Waals surface area contributed by atoms with Gasteiger partial charge in [-0.1, -0.05) is 12.8 Å². The van der Waals surface area contributed by atoms with Gasteiger partial charge >= 0.3 is 0 Å². The van der Waals surface area contributed by atoms with E-state index in [1.54, 1.807) is 11.3 Å². The molecule has 4 heteroatoms. The van der Waals surface area contributed by atoms with Gasteiger partial charge in [-0.15, -0.1) is 11.3 Å². The van der Waals surface area contributed by atoms with Crippen molar-refractivity contribution in [1.29, 1.82) is 0 Å². The van der Waals surface area contributed by atoms with Gasteiger partial charge in [0.1, 0.15) is 0 Å². The molecule has 1 aliphatic rings. The quantitative estimate of drug-likeness (QED) is 0.823. The molecule has 1 heterocycles. The van der Waals surface area contributed by atoms with E-state index in [9.17, 15) is 5.11 Å². The molecule has 0 bridgehead atoms. The third kappa shape index (κ3) is 2.38. The maximum absolute atomic E-state index is 9.44. The predicted octanol–water partition coefficient (Wildman–Crippen LogP) is 1.85. The number of aliphatic hydroxyl groups is 1. The van der Waals surface area contributed by atoms with Gasteiger partial charge in [-0.05, 0) is 19.8 Å². The zero-order valence-corrected chi connectivity index (χ0v) is 9.94. The van der Waals surface area contributed by atoms with Crippen LogP contribution in [0.2, 0.25) is 0 Å². The lowest BCUT2D eigenvalue weighted by atomic mass is 9.99. The van der Waals surface area contributed by atoms with Crippen molar-refractivity contribution in [1.82, 2.24) is 10.3 Å². The van der Waals surface area contributed by atoms with E-state index in [0.717, 1.165) is 25.1 Å². The standard InChI is InChI=1S/C11H18N2OS/c1-9-10(15-8-12-9)6-13-11(7-14)4-2-3-5-11/h8,13-14H,2-7H2,1H3. The second kappa shape index (κ2) is 4.60. The summed E-state index contributed by atoms with van der Waals surface area (Å²) >= 11 is 1.69. The van der Waals surface area contributed by atoms with Gasteiger partial charge in [-0.2, -0.15) is 0 Å². The molecule has 0 amide bonds. The highest BCUT2D eigenvalue weighted by molar-refractivity contribution is 7.09. The minimum absolute atomic E-state index is 0.0174. The van der Waals surface area contributed by atoms with Crippen LogP contribution < -0.4 is 5.32 Å². The van der Waals surface area contributed by atoms with Crippen molar-refractivity contribution in [2.75, 3.05) is 6.61 Å². The third-order valence-corrected chi connectivity index (χ3v) is 4.27. The summed E-state index contributed by atoms with van der Waals surface area (Å²) in [5.41, 5.74) is 2.97. The number of thiazole rings is 1. The van der Waals surface area contributed by atoms with Gasteiger partial charge in [0.2, 0.25) is 0 Å². The molecular formula is C11H18N2OS. The molecule has 1 aromatic rings. The Morgan fingerprint density at radius 3 is 2.80 bits per heavy atom. The van der Waals surface area contributed by atoms with Crippen LogP contribution in [-0.4, -0.2) is 22.2 Å². The zero-order chi connectivity index (χ0) is 10.7. The summed E-state index contributed by atoms with van der Waals surface area (Å²) in [7, 11) is 0. The highest BCUT2D eigenvalue weighted by Crippen LogP contribution is 2.29. The molecule has 1 fully saturated rings. The molecule has 0 unspecified atom stereocenters. The molecule has 2 rings (SSSR count). The van der Waals surface area contributed by atoms with E-state index in [-0.39, 0.29) is 12.1 Å². The first kappa shape index (κ1) is 11.0. The van der Waals surface area contributed by atoms with Crippen molar-refractivity contribution in [3.05, 3.63) is 16.1 Å². The Kier molecular flexibility index (Phi) is 3.38. The first-order valence-electron chi connectivity index (χ1n) is 5.51. The second-order valence-corrected chi connectivity index (χ2v) is 5.30. The Bertz CT molecular complexity index is 318. The molecule has 0 aliphatic heterocycles. The fourth-order valence-electron chi connectivity index (χ4n) is 2.21. The van der Waals surface area contributed by atoms with Crippen LogP contribution in [0.3, 0.4) is 0 Å². The molecule has 15 heavy (non-hydrogen) atoms. The minimum Gasteiger partial charge on any atom is -0.394 e. The van der Waals surface area contributed by atoms with Gasteiger partial charge in [-0.3, -0.25) is 0 Å². The smallest absolute Gasteiger partial charge is 0.0798 e. The Hall–Kier alpha value is -0.450. The number of hydrogen-bond acceptors (Lipinski definition) is 4. The highest BCUT2D eigenvalue weighted by atomic mass is 32.1. The molecular weight excluding hydrogens is 208 g/mol. The second-order valence-electron chi connectivity index (χ2n) is 4.36. The van der Waals surface area contributed by atoms with Crippen LogP contribution >= 0.6 is 11.3 Å². The lowest BCUT2D eigenvalue weighted by molar-refractivity contribution is 0.163. The number of aromatic nitrogens is 1. The summed E-state index contributed by atoms with van der Waals surface area (Å²) in [6.45, 7) is 3.13. The summed E-state index contributed by atoms with van der Waals surface area (Å²) in [6.07, 6.45) is 4.66. The molecule has 2 N–H and O–H groups in total. The number of aliphatic hydroxyl groups excluding tert-OH is 1. The summed E-state index contributed by atoms with van der Waals surface area (Å²) in [5.74, 6) is 0. The molecule has 1 aliphatic carbocycles. The van der Waals surface area contributed by atoms with E-state index in [4.69, 9.17) is 0 Å². The first-order chi connectivity index (χ1) is 7.26. The minimum atomic E-state index is -0.0174. The van der Waals surface area contributed by atoms with Crippen LogP contribution in [0, 0.1) is 6.92 Å². The van der Waals surface area contributed by atoms with E-state index in [1.165, 1.54) is 17.7 Å². The van der Waals surface area contributed by atoms with Crippen LogP contribution in [0.15, 0.2) is 5.51 Å². The van der Waals surface area contributed by atoms with Gasteiger partial charge in [0.25, 0.3) is 0 Å². The van der Waals surface area contributed by atoms with E-state index in [1.807, 2.05) is 12.4 Å². The molecule has 0 spiro atoms. The molecule has 0 atom stereocenters. The van der Waals surface area contributed by atoms with Gasteiger partial charge < -0.3 is 10.4 Å². The summed E-state index contributed by atoms with van der Waals surface area (Å²) in [5, 5.41) is 12.9. The Morgan fingerprint density at radius 1 is 1.53 bits per heavy atom. The van der Waals surface area contributed by atoms with Crippen LogP contribution in [0.25, 0.3) is 0 Å². The molecule has 0 aromatic carbocycles. The van der Waals surface area contributed by atoms with Crippen molar-refractivity contribution in [2.45, 2.75) is 44.7 Å². The zero-order valence-electron chi connectivity index (χ0n) is 9.12. The summed E-state index contributed by atoms with van der Waals surface area (Å²) < 4.78 is 0. The van der Waals surface area contributed by atoms with E-state index in [2.05, 4.69) is 10.3 Å². The molecule has 1 saturated carbocycles. The first-order valence-corrected chi connectivity index (χ1v) is 6.39. The van der Waals surface area contributed by atoms with Crippen LogP contribution in [0.5, 0.6) is 0 Å². The SMILES string of the molecule is Cc1ncsc1CNC1(CO)CCCC1. The number of rotatable bonds is 4. The summed E-state index contributed by atoms with van der Waals surface area (Å²) in [6, 6.07) is 0. The van der Waals surface area contributed by atoms with Crippen LogP contribution in [0.1, 0.15) is 36.3 Å². The Morgan fingerprint density at radius 2 is 2.27 bits per heavy atom. The van der Waals surface area contributed by atoms with Gasteiger partial charge in [0.15, 0.2) is 0 Å². The predicted molar refractivity (Wildman–Crippen MR) is 62.0 cm³/mol. The van der Waals surface area contributed by atoms with Gasteiger partial charge in [0, 0.05) is 17.0 Å². The molecule has 3 nitrogen and oxygen atoms in total. The molecule has 84 valence electrons. The molecule has 0 radical (unpaired) electrons. The monoisotopic (exact) mass is 226 g/mol. The molecule has 0 saturated heterocycles. The fourth-order valence-corrected chi connectivity index (χ4v) is 2.92. The van der Waals surface area contributed by atoms with Crippen LogP contribution in [0.4, 0.5) is 0 Å². The number of hydrogen-bond donors (Lipinski definition) is 2. The largest absolute Gasteiger partial charge is 0.394 e. The lowest BCUT2D eigenvalue weighted by Gasteiger charge is -2.27. The average molecular weight is 226 g/mol.